The Hall–Kier alpha value is -2.73. The summed E-state index contributed by atoms with van der Waals surface area (Å²) >= 11 is 1.41. The van der Waals surface area contributed by atoms with Crippen molar-refractivity contribution in [2.24, 2.45) is 0 Å². The van der Waals surface area contributed by atoms with E-state index in [2.05, 4.69) is 10.3 Å². The molecular formula is C21H22N2O3S. The maximum Gasteiger partial charge on any atom is 0.234 e. The van der Waals surface area contributed by atoms with Crippen molar-refractivity contribution in [2.45, 2.75) is 18.9 Å². The molecule has 1 N–H and O–H groups in total. The van der Waals surface area contributed by atoms with Crippen molar-refractivity contribution in [3.8, 4) is 11.5 Å². The van der Waals surface area contributed by atoms with E-state index in [0.29, 0.717) is 6.61 Å². The van der Waals surface area contributed by atoms with Gasteiger partial charge in [0, 0.05) is 17.1 Å². The summed E-state index contributed by atoms with van der Waals surface area (Å²) in [5.74, 6) is 1.77. The first-order valence-electron chi connectivity index (χ1n) is 8.70. The zero-order valence-corrected chi connectivity index (χ0v) is 16.4. The van der Waals surface area contributed by atoms with Crippen LogP contribution in [0.25, 0.3) is 10.9 Å². The molecule has 140 valence electrons. The Morgan fingerprint density at radius 1 is 1.11 bits per heavy atom. The normalized spacial score (nSPS) is 10.6. The number of amides is 1. The summed E-state index contributed by atoms with van der Waals surface area (Å²) in [7, 11) is 1.64. The lowest BCUT2D eigenvalue weighted by Gasteiger charge is -2.09. The highest BCUT2D eigenvalue weighted by Crippen LogP contribution is 2.26. The lowest BCUT2D eigenvalue weighted by Crippen LogP contribution is -2.14. The van der Waals surface area contributed by atoms with Crippen LogP contribution in [0.5, 0.6) is 11.5 Å². The third-order valence-electron chi connectivity index (χ3n) is 4.00. The van der Waals surface area contributed by atoms with Crippen LogP contribution in [0.15, 0.2) is 53.6 Å². The van der Waals surface area contributed by atoms with E-state index < -0.39 is 0 Å². The first-order valence-corrected chi connectivity index (χ1v) is 9.68. The molecule has 1 amide bonds. The number of anilines is 1. The Bertz CT molecular complexity index is 942. The number of pyridine rings is 1. The van der Waals surface area contributed by atoms with Crippen molar-refractivity contribution in [2.75, 3.05) is 24.8 Å². The molecule has 0 saturated carbocycles. The van der Waals surface area contributed by atoms with Gasteiger partial charge in [-0.1, -0.05) is 11.8 Å². The van der Waals surface area contributed by atoms with Gasteiger partial charge in [0.15, 0.2) is 0 Å². The van der Waals surface area contributed by atoms with Crippen molar-refractivity contribution >= 4 is 34.3 Å². The molecule has 0 saturated heterocycles. The second kappa shape index (κ2) is 8.77. The number of benzene rings is 2. The van der Waals surface area contributed by atoms with Crippen LogP contribution in [-0.2, 0) is 4.79 Å². The fourth-order valence-corrected chi connectivity index (χ4v) is 3.46. The molecule has 5 nitrogen and oxygen atoms in total. The van der Waals surface area contributed by atoms with E-state index >= 15 is 0 Å². The molecule has 0 spiro atoms. The Labute approximate surface area is 163 Å². The highest BCUT2D eigenvalue weighted by molar-refractivity contribution is 7.99. The number of carbonyl (C=O) groups excluding carboxylic acids is 1. The van der Waals surface area contributed by atoms with Gasteiger partial charge in [-0.15, -0.1) is 0 Å². The number of methoxy groups -OCH3 is 1. The first kappa shape index (κ1) is 19.0. The Morgan fingerprint density at radius 3 is 2.56 bits per heavy atom. The van der Waals surface area contributed by atoms with Crippen LogP contribution in [0.1, 0.15) is 12.5 Å². The van der Waals surface area contributed by atoms with Gasteiger partial charge in [-0.3, -0.25) is 4.79 Å². The summed E-state index contributed by atoms with van der Waals surface area (Å²) < 4.78 is 10.7. The van der Waals surface area contributed by atoms with E-state index in [1.54, 1.807) is 7.11 Å². The highest BCUT2D eigenvalue weighted by atomic mass is 32.2. The summed E-state index contributed by atoms with van der Waals surface area (Å²) in [4.78, 5) is 16.9. The van der Waals surface area contributed by atoms with Gasteiger partial charge in [-0.2, -0.15) is 0 Å². The van der Waals surface area contributed by atoms with Crippen LogP contribution in [0.3, 0.4) is 0 Å². The zero-order valence-electron chi connectivity index (χ0n) is 15.6. The fourth-order valence-electron chi connectivity index (χ4n) is 2.69. The minimum absolute atomic E-state index is 0.0747. The second-order valence-corrected chi connectivity index (χ2v) is 6.95. The monoisotopic (exact) mass is 382 g/mol. The van der Waals surface area contributed by atoms with Crippen LogP contribution in [0, 0.1) is 6.92 Å². The van der Waals surface area contributed by atoms with Crippen molar-refractivity contribution in [3.05, 3.63) is 54.1 Å². The summed E-state index contributed by atoms with van der Waals surface area (Å²) in [5.41, 5.74) is 2.73. The molecule has 1 heterocycles. The maximum atomic E-state index is 12.2. The number of aromatic nitrogens is 1. The number of nitrogens with one attached hydrogen (secondary N) is 1. The molecule has 0 unspecified atom stereocenters. The van der Waals surface area contributed by atoms with Crippen LogP contribution >= 0.6 is 11.8 Å². The van der Waals surface area contributed by atoms with Crippen molar-refractivity contribution in [1.82, 2.24) is 4.98 Å². The third kappa shape index (κ3) is 4.92. The largest absolute Gasteiger partial charge is 0.497 e. The van der Waals surface area contributed by atoms with Crippen molar-refractivity contribution in [1.29, 1.82) is 0 Å². The van der Waals surface area contributed by atoms with Gasteiger partial charge in [0.1, 0.15) is 11.5 Å². The SMILES string of the molecule is CCOc1ccc(NC(=O)CSc2cc(C)c3ccc(OC)cc3n2)cc1. The van der Waals surface area contributed by atoms with E-state index in [0.717, 1.165) is 38.7 Å². The van der Waals surface area contributed by atoms with Crippen LogP contribution < -0.4 is 14.8 Å². The summed E-state index contributed by atoms with van der Waals surface area (Å²) in [6.45, 7) is 4.60. The van der Waals surface area contributed by atoms with E-state index in [4.69, 9.17) is 9.47 Å². The van der Waals surface area contributed by atoms with Crippen LogP contribution in [-0.4, -0.2) is 30.4 Å². The molecule has 0 atom stereocenters. The van der Waals surface area contributed by atoms with Gasteiger partial charge in [0.25, 0.3) is 0 Å². The summed E-state index contributed by atoms with van der Waals surface area (Å²) in [6.07, 6.45) is 0. The fraction of sp³-hybridized carbons (Fsp3) is 0.238. The van der Waals surface area contributed by atoms with E-state index in [1.165, 1.54) is 11.8 Å². The summed E-state index contributed by atoms with van der Waals surface area (Å²) in [6, 6.07) is 15.2. The number of rotatable bonds is 7. The Morgan fingerprint density at radius 2 is 1.85 bits per heavy atom. The molecule has 6 heteroatoms. The highest BCUT2D eigenvalue weighted by Gasteiger charge is 2.08. The number of hydrogen-bond donors (Lipinski definition) is 1. The quantitative estimate of drug-likeness (QED) is 0.601. The van der Waals surface area contributed by atoms with Crippen molar-refractivity contribution in [3.63, 3.8) is 0 Å². The smallest absolute Gasteiger partial charge is 0.234 e. The molecule has 2 aromatic carbocycles. The average Bonchev–Trinajstić information content (AvgIpc) is 2.67. The lowest BCUT2D eigenvalue weighted by molar-refractivity contribution is -0.113. The number of ether oxygens (including phenoxy) is 2. The molecule has 0 aliphatic carbocycles. The third-order valence-corrected chi connectivity index (χ3v) is 4.91. The summed E-state index contributed by atoms with van der Waals surface area (Å²) in [5, 5.41) is 4.79. The number of thioether (sulfide) groups is 1. The first-order chi connectivity index (χ1) is 13.1. The predicted octanol–water partition coefficient (Wildman–Crippen LogP) is 4.68. The molecule has 0 fully saturated rings. The molecule has 0 aliphatic rings. The molecule has 27 heavy (non-hydrogen) atoms. The number of aryl methyl sites for hydroxylation is 1. The van der Waals surface area contributed by atoms with Gasteiger partial charge in [0.2, 0.25) is 5.91 Å². The lowest BCUT2D eigenvalue weighted by atomic mass is 10.1. The van der Waals surface area contributed by atoms with Crippen LogP contribution in [0.4, 0.5) is 5.69 Å². The molecular weight excluding hydrogens is 360 g/mol. The molecule has 3 rings (SSSR count). The van der Waals surface area contributed by atoms with Crippen LogP contribution in [0.2, 0.25) is 0 Å². The molecule has 0 radical (unpaired) electrons. The maximum absolute atomic E-state index is 12.2. The number of nitrogens with zero attached hydrogens (tertiary/aromatic N) is 1. The van der Waals surface area contributed by atoms with Gasteiger partial charge >= 0.3 is 0 Å². The standard InChI is InChI=1S/C21H22N2O3S/c1-4-26-16-7-5-15(6-8-16)22-20(24)13-27-21-11-14(2)18-10-9-17(25-3)12-19(18)23-21/h5-12H,4,13H2,1-3H3,(H,22,24). The van der Waals surface area contributed by atoms with Gasteiger partial charge in [0.05, 0.1) is 30.0 Å². The van der Waals surface area contributed by atoms with Gasteiger partial charge in [-0.25, -0.2) is 4.98 Å². The number of fused-ring (bicyclic) bond motifs is 1. The van der Waals surface area contributed by atoms with Gasteiger partial charge in [-0.05, 0) is 61.9 Å². The minimum Gasteiger partial charge on any atom is -0.497 e. The average molecular weight is 382 g/mol. The molecule has 3 aromatic rings. The van der Waals surface area contributed by atoms with Gasteiger partial charge < -0.3 is 14.8 Å². The molecule has 0 bridgehead atoms. The topological polar surface area (TPSA) is 60.5 Å². The predicted molar refractivity (Wildman–Crippen MR) is 110 cm³/mol. The zero-order chi connectivity index (χ0) is 19.2. The second-order valence-electron chi connectivity index (χ2n) is 5.95. The number of hydrogen-bond acceptors (Lipinski definition) is 5. The minimum atomic E-state index is -0.0747. The molecule has 1 aromatic heterocycles. The van der Waals surface area contributed by atoms with E-state index in [9.17, 15) is 4.79 Å². The number of carbonyl (C=O) groups is 1. The molecule has 0 aliphatic heterocycles. The Kier molecular flexibility index (Phi) is 6.19. The Balaban J connectivity index is 1.64. The van der Waals surface area contributed by atoms with E-state index in [1.807, 2.05) is 62.4 Å². The van der Waals surface area contributed by atoms with E-state index in [-0.39, 0.29) is 11.7 Å². The van der Waals surface area contributed by atoms with Crippen molar-refractivity contribution < 1.29 is 14.3 Å².